The Bertz CT molecular complexity index is 276. The molecule has 0 spiro atoms. The van der Waals surface area contributed by atoms with Gasteiger partial charge in [0.2, 0.25) is 5.91 Å². The molecule has 0 bridgehead atoms. The first kappa shape index (κ1) is 16.9. The predicted molar refractivity (Wildman–Crippen MR) is 68.9 cm³/mol. The summed E-state index contributed by atoms with van der Waals surface area (Å²) in [6, 6.07) is 2.05. The summed E-state index contributed by atoms with van der Waals surface area (Å²) in [7, 11) is 1.64. The van der Waals surface area contributed by atoms with Gasteiger partial charge in [0, 0.05) is 20.3 Å². The smallest absolute Gasteiger partial charge is 0.240 e. The van der Waals surface area contributed by atoms with Crippen molar-refractivity contribution in [3.63, 3.8) is 0 Å². The molecule has 5 nitrogen and oxygen atoms in total. The number of carbonyl (C=O) groups excluding carboxylic acids is 1. The lowest BCUT2D eigenvalue weighted by Crippen LogP contribution is -2.38. The largest absolute Gasteiger partial charge is 0.382 e. The molecular weight excluding hydrogens is 232 g/mol. The van der Waals surface area contributed by atoms with E-state index in [2.05, 4.69) is 11.4 Å². The first-order valence-electron chi connectivity index (χ1n) is 6.37. The van der Waals surface area contributed by atoms with Gasteiger partial charge in [-0.25, -0.2) is 0 Å². The Morgan fingerprint density at radius 1 is 1.33 bits per heavy atom. The van der Waals surface area contributed by atoms with Gasteiger partial charge >= 0.3 is 0 Å². The zero-order valence-electron chi connectivity index (χ0n) is 11.6. The number of nitrogens with one attached hydrogen (secondary N) is 1. The fourth-order valence-electron chi connectivity index (χ4n) is 1.26. The topological polar surface area (TPSA) is 71.4 Å². The molecule has 1 unspecified atom stereocenters. The van der Waals surface area contributed by atoms with Crippen LogP contribution in [-0.4, -0.2) is 39.4 Å². The van der Waals surface area contributed by atoms with Gasteiger partial charge in [-0.1, -0.05) is 6.92 Å². The third-order valence-corrected chi connectivity index (χ3v) is 2.89. The van der Waals surface area contributed by atoms with Crippen molar-refractivity contribution in [1.29, 1.82) is 5.26 Å². The number of nitrogens with zero attached hydrogens (tertiary/aromatic N) is 1. The van der Waals surface area contributed by atoms with Gasteiger partial charge in [0.1, 0.15) is 5.41 Å². The predicted octanol–water partition coefficient (Wildman–Crippen LogP) is 1.49. The van der Waals surface area contributed by atoms with Gasteiger partial charge < -0.3 is 14.8 Å². The first-order valence-corrected chi connectivity index (χ1v) is 6.37. The van der Waals surface area contributed by atoms with E-state index in [1.54, 1.807) is 14.0 Å². The van der Waals surface area contributed by atoms with Gasteiger partial charge in [0.25, 0.3) is 0 Å². The van der Waals surface area contributed by atoms with Gasteiger partial charge in [-0.05, 0) is 26.2 Å². The Balaban J connectivity index is 3.55. The van der Waals surface area contributed by atoms with Gasteiger partial charge in [0.15, 0.2) is 0 Å². The Morgan fingerprint density at radius 2 is 2.06 bits per heavy atom. The van der Waals surface area contributed by atoms with Crippen LogP contribution < -0.4 is 5.32 Å². The summed E-state index contributed by atoms with van der Waals surface area (Å²) in [5.74, 6) is -0.187. The molecule has 1 N–H and O–H groups in total. The van der Waals surface area contributed by atoms with Crippen molar-refractivity contribution in [1.82, 2.24) is 5.32 Å². The summed E-state index contributed by atoms with van der Waals surface area (Å²) in [5, 5.41) is 11.7. The van der Waals surface area contributed by atoms with E-state index in [0.717, 1.165) is 12.8 Å². The minimum Gasteiger partial charge on any atom is -0.382 e. The summed E-state index contributed by atoms with van der Waals surface area (Å²) in [4.78, 5) is 11.7. The number of hydrogen-bond donors (Lipinski definition) is 1. The molecule has 5 heteroatoms. The van der Waals surface area contributed by atoms with Crippen molar-refractivity contribution in [2.24, 2.45) is 5.41 Å². The maximum atomic E-state index is 11.7. The van der Waals surface area contributed by atoms with Crippen LogP contribution in [0.25, 0.3) is 0 Å². The zero-order chi connectivity index (χ0) is 13.9. The molecule has 0 fully saturated rings. The molecule has 0 aliphatic carbocycles. The van der Waals surface area contributed by atoms with Gasteiger partial charge in [-0.2, -0.15) is 5.26 Å². The molecule has 1 atom stereocenters. The van der Waals surface area contributed by atoms with E-state index in [0.29, 0.717) is 32.8 Å². The van der Waals surface area contributed by atoms with Crippen LogP contribution in [0.15, 0.2) is 0 Å². The maximum absolute atomic E-state index is 11.7. The number of nitriles is 1. The lowest BCUT2D eigenvalue weighted by Gasteiger charge is -2.18. The van der Waals surface area contributed by atoms with Crippen LogP contribution in [0, 0.1) is 16.7 Å². The van der Waals surface area contributed by atoms with E-state index in [1.165, 1.54) is 0 Å². The van der Waals surface area contributed by atoms with E-state index in [4.69, 9.17) is 14.7 Å². The Morgan fingerprint density at radius 3 is 2.61 bits per heavy atom. The maximum Gasteiger partial charge on any atom is 0.240 e. The second-order valence-electron chi connectivity index (χ2n) is 4.37. The molecule has 0 heterocycles. The fraction of sp³-hybridized carbons (Fsp3) is 0.846. The van der Waals surface area contributed by atoms with Crippen LogP contribution in [0.2, 0.25) is 0 Å². The number of rotatable bonds is 10. The van der Waals surface area contributed by atoms with Crippen molar-refractivity contribution < 1.29 is 14.3 Å². The molecule has 0 radical (unpaired) electrons. The SMILES string of the molecule is CCC(C)(C#N)C(=O)NCCCCOCCOC. The number of ether oxygens (including phenoxy) is 2. The van der Waals surface area contributed by atoms with Crippen molar-refractivity contribution >= 4 is 5.91 Å². The third-order valence-electron chi connectivity index (χ3n) is 2.89. The molecule has 0 saturated heterocycles. The van der Waals surface area contributed by atoms with E-state index in [-0.39, 0.29) is 5.91 Å². The van der Waals surface area contributed by atoms with Crippen molar-refractivity contribution in [3.8, 4) is 6.07 Å². The lowest BCUT2D eigenvalue weighted by atomic mass is 9.88. The molecule has 104 valence electrons. The average molecular weight is 256 g/mol. The minimum absolute atomic E-state index is 0.187. The summed E-state index contributed by atoms with van der Waals surface area (Å²) in [5.41, 5.74) is -0.908. The van der Waals surface area contributed by atoms with Crippen molar-refractivity contribution in [2.75, 3.05) is 33.5 Å². The van der Waals surface area contributed by atoms with E-state index >= 15 is 0 Å². The number of unbranched alkanes of at least 4 members (excludes halogenated alkanes) is 1. The lowest BCUT2D eigenvalue weighted by molar-refractivity contribution is -0.127. The summed E-state index contributed by atoms with van der Waals surface area (Å²) < 4.78 is 10.2. The van der Waals surface area contributed by atoms with Crippen LogP contribution in [0.5, 0.6) is 0 Å². The van der Waals surface area contributed by atoms with Gasteiger partial charge in [0.05, 0.1) is 19.3 Å². The van der Waals surface area contributed by atoms with Gasteiger partial charge in [-0.3, -0.25) is 4.79 Å². The quantitative estimate of drug-likeness (QED) is 0.601. The number of carbonyl (C=O) groups is 1. The number of methoxy groups -OCH3 is 1. The molecule has 0 aromatic rings. The van der Waals surface area contributed by atoms with E-state index in [9.17, 15) is 4.79 Å². The van der Waals surface area contributed by atoms with Crippen molar-refractivity contribution in [3.05, 3.63) is 0 Å². The second-order valence-corrected chi connectivity index (χ2v) is 4.37. The first-order chi connectivity index (χ1) is 8.60. The van der Waals surface area contributed by atoms with Crippen LogP contribution in [0.1, 0.15) is 33.1 Å². The van der Waals surface area contributed by atoms with Gasteiger partial charge in [-0.15, -0.1) is 0 Å². The Kier molecular flexibility index (Phi) is 9.25. The molecule has 0 saturated carbocycles. The highest BCUT2D eigenvalue weighted by Crippen LogP contribution is 2.19. The third kappa shape index (κ3) is 6.58. The molecule has 0 aromatic heterocycles. The molecular formula is C13H24N2O3. The zero-order valence-corrected chi connectivity index (χ0v) is 11.6. The molecule has 0 aromatic carbocycles. The highest BCUT2D eigenvalue weighted by molar-refractivity contribution is 5.84. The standard InChI is InChI=1S/C13H24N2O3/c1-4-13(2,11-14)12(16)15-7-5-6-8-18-10-9-17-3/h4-10H2,1-3H3,(H,15,16). The minimum atomic E-state index is -0.908. The molecule has 18 heavy (non-hydrogen) atoms. The number of hydrogen-bond acceptors (Lipinski definition) is 4. The monoisotopic (exact) mass is 256 g/mol. The van der Waals surface area contributed by atoms with Crippen LogP contribution in [0.4, 0.5) is 0 Å². The summed E-state index contributed by atoms with van der Waals surface area (Å²) >= 11 is 0. The average Bonchev–Trinajstić information content (AvgIpc) is 2.40. The molecule has 0 rings (SSSR count). The normalized spacial score (nSPS) is 13.7. The summed E-state index contributed by atoms with van der Waals surface area (Å²) in [6.07, 6.45) is 2.26. The molecule has 1 amide bonds. The highest BCUT2D eigenvalue weighted by atomic mass is 16.5. The van der Waals surface area contributed by atoms with E-state index < -0.39 is 5.41 Å². The van der Waals surface area contributed by atoms with Crippen LogP contribution in [0.3, 0.4) is 0 Å². The van der Waals surface area contributed by atoms with E-state index in [1.807, 2.05) is 6.92 Å². The van der Waals surface area contributed by atoms with Crippen LogP contribution in [-0.2, 0) is 14.3 Å². The Labute approximate surface area is 109 Å². The number of amides is 1. The summed E-state index contributed by atoms with van der Waals surface area (Å²) in [6.45, 7) is 5.97. The van der Waals surface area contributed by atoms with Crippen molar-refractivity contribution in [2.45, 2.75) is 33.1 Å². The second kappa shape index (κ2) is 9.86. The molecule has 0 aliphatic heterocycles. The Hall–Kier alpha value is -1.12. The van der Waals surface area contributed by atoms with Crippen LogP contribution >= 0.6 is 0 Å². The highest BCUT2D eigenvalue weighted by Gasteiger charge is 2.30. The fourth-order valence-corrected chi connectivity index (χ4v) is 1.26. The molecule has 0 aliphatic rings.